The lowest BCUT2D eigenvalue weighted by Gasteiger charge is -2.37. The van der Waals surface area contributed by atoms with Crippen LogP contribution in [0.15, 0.2) is 35.7 Å². The van der Waals surface area contributed by atoms with Gasteiger partial charge in [-0.2, -0.15) is 0 Å². The van der Waals surface area contributed by atoms with Crippen molar-refractivity contribution in [1.29, 1.82) is 0 Å². The van der Waals surface area contributed by atoms with E-state index in [2.05, 4.69) is 10.6 Å². The molecule has 1 saturated heterocycles. The van der Waals surface area contributed by atoms with E-state index < -0.39 is 11.6 Å². The summed E-state index contributed by atoms with van der Waals surface area (Å²) in [4.78, 5) is 25.3. The summed E-state index contributed by atoms with van der Waals surface area (Å²) in [5.41, 5.74) is 0.694. The minimum Gasteiger partial charge on any atom is -0.484 e. The lowest BCUT2D eigenvalue weighted by molar-refractivity contribution is -0.126. The fraction of sp³-hybridized carbons (Fsp3) is 0.250. The van der Waals surface area contributed by atoms with Gasteiger partial charge in [0.2, 0.25) is 0 Å². The van der Waals surface area contributed by atoms with Crippen LogP contribution in [0.1, 0.15) is 28.5 Å². The van der Waals surface area contributed by atoms with Gasteiger partial charge in [-0.15, -0.1) is 11.3 Å². The maximum absolute atomic E-state index is 12.5. The second-order valence-electron chi connectivity index (χ2n) is 5.64. The first-order chi connectivity index (χ1) is 10.6. The molecule has 0 saturated carbocycles. The van der Waals surface area contributed by atoms with Crippen LogP contribution in [0.5, 0.6) is 5.75 Å². The third-order valence-corrected chi connectivity index (χ3v) is 5.12. The third kappa shape index (κ3) is 1.84. The van der Waals surface area contributed by atoms with Crippen molar-refractivity contribution >= 4 is 23.3 Å². The van der Waals surface area contributed by atoms with Gasteiger partial charge in [0, 0.05) is 16.9 Å². The Hall–Kier alpha value is -2.34. The molecule has 3 amide bonds. The van der Waals surface area contributed by atoms with Gasteiger partial charge in [-0.25, -0.2) is 4.79 Å². The molecule has 1 spiro atoms. The van der Waals surface area contributed by atoms with Crippen molar-refractivity contribution in [2.75, 3.05) is 0 Å². The standard InChI is InChI=1S/C16H14N2O3S/c1-9-4-5-11-10(7-9)16(14(19)17-15(20)18-16)8-12(21-11)13-3-2-6-22-13/h2-7,12H,8H2,1H3,(H2,17,18,19,20). The van der Waals surface area contributed by atoms with Crippen LogP contribution < -0.4 is 15.4 Å². The van der Waals surface area contributed by atoms with Crippen LogP contribution >= 0.6 is 11.3 Å². The second-order valence-corrected chi connectivity index (χ2v) is 6.62. The van der Waals surface area contributed by atoms with Crippen LogP contribution in [0.25, 0.3) is 0 Å². The van der Waals surface area contributed by atoms with Crippen molar-refractivity contribution in [2.24, 2.45) is 0 Å². The number of urea groups is 1. The Bertz CT molecular complexity index is 772. The molecule has 4 rings (SSSR count). The Morgan fingerprint density at radius 3 is 2.86 bits per heavy atom. The highest BCUT2D eigenvalue weighted by Crippen LogP contribution is 2.46. The number of rotatable bonds is 1. The summed E-state index contributed by atoms with van der Waals surface area (Å²) in [6.07, 6.45) is 0.140. The molecule has 6 heteroatoms. The minimum atomic E-state index is -1.05. The number of amides is 3. The topological polar surface area (TPSA) is 67.4 Å². The van der Waals surface area contributed by atoms with Crippen molar-refractivity contribution in [3.63, 3.8) is 0 Å². The first kappa shape index (κ1) is 13.3. The highest BCUT2D eigenvalue weighted by molar-refractivity contribution is 7.10. The van der Waals surface area contributed by atoms with E-state index in [1.807, 2.05) is 42.6 Å². The number of ether oxygens (including phenoxy) is 1. The largest absolute Gasteiger partial charge is 0.484 e. The van der Waals surface area contributed by atoms with Crippen LogP contribution in [-0.2, 0) is 10.3 Å². The molecule has 3 heterocycles. The zero-order valence-corrected chi connectivity index (χ0v) is 12.7. The average Bonchev–Trinajstić information content (AvgIpc) is 3.09. The molecule has 2 atom stereocenters. The number of benzene rings is 1. The third-order valence-electron chi connectivity index (χ3n) is 4.16. The maximum Gasteiger partial charge on any atom is 0.322 e. The fourth-order valence-electron chi connectivity index (χ4n) is 3.12. The van der Waals surface area contributed by atoms with E-state index in [1.165, 1.54) is 0 Å². The summed E-state index contributed by atoms with van der Waals surface area (Å²) in [6.45, 7) is 1.95. The minimum absolute atomic E-state index is 0.251. The van der Waals surface area contributed by atoms with Gasteiger partial charge in [0.1, 0.15) is 11.9 Å². The molecule has 1 aromatic heterocycles. The zero-order valence-electron chi connectivity index (χ0n) is 11.9. The number of hydrogen-bond donors (Lipinski definition) is 2. The summed E-state index contributed by atoms with van der Waals surface area (Å²) in [5, 5.41) is 7.16. The Balaban J connectivity index is 1.87. The van der Waals surface area contributed by atoms with E-state index >= 15 is 0 Å². The molecular formula is C16H14N2O3S. The van der Waals surface area contributed by atoms with Crippen molar-refractivity contribution in [3.05, 3.63) is 51.7 Å². The maximum atomic E-state index is 12.5. The lowest BCUT2D eigenvalue weighted by atomic mass is 9.81. The predicted octanol–water partition coefficient (Wildman–Crippen LogP) is 2.62. The quantitative estimate of drug-likeness (QED) is 0.795. The monoisotopic (exact) mass is 314 g/mol. The van der Waals surface area contributed by atoms with Crippen LogP contribution in [0, 0.1) is 6.92 Å². The fourth-order valence-corrected chi connectivity index (χ4v) is 3.88. The number of fused-ring (bicyclic) bond motifs is 2. The Morgan fingerprint density at radius 2 is 2.18 bits per heavy atom. The van der Waals surface area contributed by atoms with E-state index in [1.54, 1.807) is 11.3 Å². The van der Waals surface area contributed by atoms with Gasteiger partial charge in [-0.1, -0.05) is 17.7 Å². The molecule has 0 aliphatic carbocycles. The molecule has 2 unspecified atom stereocenters. The molecule has 22 heavy (non-hydrogen) atoms. The molecule has 1 aromatic carbocycles. The number of aryl methyl sites for hydroxylation is 1. The van der Waals surface area contributed by atoms with E-state index in [9.17, 15) is 9.59 Å². The van der Waals surface area contributed by atoms with Gasteiger partial charge in [0.05, 0.1) is 0 Å². The molecule has 0 bridgehead atoms. The molecule has 2 aliphatic heterocycles. The summed E-state index contributed by atoms with van der Waals surface area (Å²) in [6, 6.07) is 9.20. The Labute approximate surface area is 131 Å². The van der Waals surface area contributed by atoms with Crippen LogP contribution in [0.2, 0.25) is 0 Å². The number of hydrogen-bond acceptors (Lipinski definition) is 4. The van der Waals surface area contributed by atoms with Crippen LogP contribution in [-0.4, -0.2) is 11.9 Å². The van der Waals surface area contributed by atoms with E-state index in [4.69, 9.17) is 4.74 Å². The normalized spacial score (nSPS) is 26.3. The van der Waals surface area contributed by atoms with Gasteiger partial charge < -0.3 is 10.1 Å². The van der Waals surface area contributed by atoms with Gasteiger partial charge in [-0.05, 0) is 30.5 Å². The van der Waals surface area contributed by atoms with Gasteiger partial charge >= 0.3 is 6.03 Å². The molecule has 2 N–H and O–H groups in total. The van der Waals surface area contributed by atoms with Gasteiger partial charge in [0.25, 0.3) is 5.91 Å². The van der Waals surface area contributed by atoms with Crippen LogP contribution in [0.3, 0.4) is 0 Å². The van der Waals surface area contributed by atoms with E-state index in [0.29, 0.717) is 12.2 Å². The average molecular weight is 314 g/mol. The Kier molecular flexibility index (Phi) is 2.77. The Morgan fingerprint density at radius 1 is 1.32 bits per heavy atom. The van der Waals surface area contributed by atoms with E-state index in [-0.39, 0.29) is 12.0 Å². The highest BCUT2D eigenvalue weighted by Gasteiger charge is 2.53. The van der Waals surface area contributed by atoms with Crippen molar-refractivity contribution < 1.29 is 14.3 Å². The number of nitrogens with one attached hydrogen (secondary N) is 2. The molecular weight excluding hydrogens is 300 g/mol. The molecule has 112 valence electrons. The SMILES string of the molecule is Cc1ccc2c(c1)C1(CC(c3cccs3)O2)NC(=O)NC1=O. The molecule has 2 aromatic rings. The summed E-state index contributed by atoms with van der Waals surface area (Å²) in [7, 11) is 0. The number of imide groups is 1. The van der Waals surface area contributed by atoms with Crippen molar-refractivity contribution in [2.45, 2.75) is 25.0 Å². The summed E-state index contributed by atoms with van der Waals surface area (Å²) in [5.74, 6) is 0.335. The second kappa shape index (κ2) is 4.58. The smallest absolute Gasteiger partial charge is 0.322 e. The molecule has 0 radical (unpaired) electrons. The lowest BCUT2D eigenvalue weighted by Crippen LogP contribution is -2.48. The van der Waals surface area contributed by atoms with Crippen LogP contribution in [0.4, 0.5) is 4.79 Å². The van der Waals surface area contributed by atoms with E-state index in [0.717, 1.165) is 16.0 Å². The molecule has 2 aliphatic rings. The highest BCUT2D eigenvalue weighted by atomic mass is 32.1. The first-order valence-corrected chi connectivity index (χ1v) is 7.91. The molecule has 5 nitrogen and oxygen atoms in total. The number of carbonyl (C=O) groups is 2. The zero-order chi connectivity index (χ0) is 15.3. The predicted molar refractivity (Wildman–Crippen MR) is 81.8 cm³/mol. The number of thiophene rings is 1. The van der Waals surface area contributed by atoms with Crippen molar-refractivity contribution in [1.82, 2.24) is 10.6 Å². The summed E-state index contributed by atoms with van der Waals surface area (Å²) < 4.78 is 6.08. The number of carbonyl (C=O) groups excluding carboxylic acids is 2. The van der Waals surface area contributed by atoms with Gasteiger partial charge in [0.15, 0.2) is 5.54 Å². The molecule has 1 fully saturated rings. The van der Waals surface area contributed by atoms with Gasteiger partial charge in [-0.3, -0.25) is 10.1 Å². The summed E-state index contributed by atoms with van der Waals surface area (Å²) >= 11 is 1.58. The van der Waals surface area contributed by atoms with Crippen molar-refractivity contribution in [3.8, 4) is 5.75 Å². The first-order valence-electron chi connectivity index (χ1n) is 7.03.